The van der Waals surface area contributed by atoms with Crippen LogP contribution < -0.4 is 10.9 Å². The number of para-hydroxylation sites is 1. The van der Waals surface area contributed by atoms with Crippen molar-refractivity contribution < 1.29 is 9.59 Å². The molecule has 2 aromatic carbocycles. The molecule has 0 unspecified atom stereocenters. The van der Waals surface area contributed by atoms with Crippen molar-refractivity contribution in [1.82, 2.24) is 20.0 Å². The number of carbonyl (C=O) groups is 2. The van der Waals surface area contributed by atoms with Crippen LogP contribution >= 0.6 is 0 Å². The lowest BCUT2D eigenvalue weighted by molar-refractivity contribution is -0.126. The summed E-state index contributed by atoms with van der Waals surface area (Å²) in [6, 6.07) is 16.6. The summed E-state index contributed by atoms with van der Waals surface area (Å²) in [6.07, 6.45) is 3.42. The van der Waals surface area contributed by atoms with Crippen LogP contribution in [0.2, 0.25) is 0 Å². The molecule has 1 N–H and O–H groups in total. The average molecular weight is 416 g/mol. The molecule has 1 aromatic heterocycles. The van der Waals surface area contributed by atoms with Gasteiger partial charge in [-0.05, 0) is 43.9 Å². The molecule has 2 amide bonds. The van der Waals surface area contributed by atoms with Gasteiger partial charge in [-0.15, -0.1) is 0 Å². The zero-order valence-corrected chi connectivity index (χ0v) is 17.2. The minimum absolute atomic E-state index is 0.0485. The summed E-state index contributed by atoms with van der Waals surface area (Å²) in [7, 11) is 0. The van der Waals surface area contributed by atoms with Crippen LogP contribution in [0, 0.1) is 5.92 Å². The van der Waals surface area contributed by atoms with Gasteiger partial charge in [-0.2, -0.15) is 9.78 Å². The zero-order chi connectivity index (χ0) is 21.4. The third-order valence-electron chi connectivity index (χ3n) is 6.08. The van der Waals surface area contributed by atoms with Crippen molar-refractivity contribution in [3.63, 3.8) is 0 Å². The highest BCUT2D eigenvalue weighted by molar-refractivity contribution is 6.05. The second-order valence-electron chi connectivity index (χ2n) is 8.30. The maximum Gasteiger partial charge on any atom is 0.279 e. The van der Waals surface area contributed by atoms with Gasteiger partial charge in [-0.25, -0.2) is 0 Å². The number of nitrogens with zero attached hydrogens (tertiary/aromatic N) is 3. The van der Waals surface area contributed by atoms with E-state index in [4.69, 9.17) is 0 Å². The zero-order valence-electron chi connectivity index (χ0n) is 17.2. The quantitative estimate of drug-likeness (QED) is 0.708. The number of fused-ring (bicyclic) bond motifs is 1. The molecular formula is C24H24N4O3. The van der Waals surface area contributed by atoms with E-state index in [0.717, 1.165) is 12.8 Å². The molecule has 7 heteroatoms. The molecule has 0 atom stereocenters. The van der Waals surface area contributed by atoms with Gasteiger partial charge in [0, 0.05) is 30.4 Å². The number of benzene rings is 2. The lowest BCUT2D eigenvalue weighted by atomic mass is 9.95. The number of hydrogen-bond donors (Lipinski definition) is 1. The van der Waals surface area contributed by atoms with E-state index in [0.29, 0.717) is 48.4 Å². The molecule has 2 fully saturated rings. The number of nitrogens with one attached hydrogen (secondary N) is 1. The highest BCUT2D eigenvalue weighted by Crippen LogP contribution is 2.24. The lowest BCUT2D eigenvalue weighted by Crippen LogP contribution is -2.44. The topological polar surface area (TPSA) is 84.3 Å². The first-order chi connectivity index (χ1) is 15.1. The maximum absolute atomic E-state index is 13.4. The first-order valence-corrected chi connectivity index (χ1v) is 10.8. The molecule has 1 saturated heterocycles. The monoisotopic (exact) mass is 416 g/mol. The Labute approximate surface area is 179 Å². The molecule has 3 aromatic rings. The third-order valence-corrected chi connectivity index (χ3v) is 6.08. The van der Waals surface area contributed by atoms with E-state index in [-0.39, 0.29) is 29.0 Å². The molecule has 158 valence electrons. The van der Waals surface area contributed by atoms with Crippen LogP contribution in [-0.4, -0.2) is 45.6 Å². The van der Waals surface area contributed by atoms with E-state index in [1.807, 2.05) is 24.3 Å². The normalized spacial score (nSPS) is 17.0. The molecule has 1 aliphatic carbocycles. The predicted molar refractivity (Wildman–Crippen MR) is 117 cm³/mol. The molecule has 7 nitrogen and oxygen atoms in total. The minimum Gasteiger partial charge on any atom is -0.353 e. The Balaban J connectivity index is 1.44. The van der Waals surface area contributed by atoms with Crippen LogP contribution in [0.3, 0.4) is 0 Å². The van der Waals surface area contributed by atoms with Crippen LogP contribution in [0.5, 0.6) is 0 Å². The van der Waals surface area contributed by atoms with Gasteiger partial charge in [0.05, 0.1) is 11.1 Å². The number of amides is 2. The van der Waals surface area contributed by atoms with Gasteiger partial charge in [-0.3, -0.25) is 14.4 Å². The molecule has 5 rings (SSSR count). The van der Waals surface area contributed by atoms with Crippen LogP contribution in [-0.2, 0) is 4.79 Å². The molecule has 1 aliphatic heterocycles. The Kier molecular flexibility index (Phi) is 5.02. The van der Waals surface area contributed by atoms with Crippen molar-refractivity contribution in [2.24, 2.45) is 5.92 Å². The molecule has 2 heterocycles. The Morgan fingerprint density at radius 1 is 0.871 bits per heavy atom. The fourth-order valence-electron chi connectivity index (χ4n) is 4.13. The van der Waals surface area contributed by atoms with Crippen molar-refractivity contribution in [2.45, 2.75) is 31.7 Å². The Morgan fingerprint density at radius 2 is 1.52 bits per heavy atom. The van der Waals surface area contributed by atoms with Crippen LogP contribution in [0.25, 0.3) is 16.5 Å². The number of aromatic nitrogens is 2. The molecule has 0 bridgehead atoms. The summed E-state index contributed by atoms with van der Waals surface area (Å²) in [5, 5.41) is 8.56. The van der Waals surface area contributed by atoms with E-state index in [1.165, 1.54) is 4.68 Å². The summed E-state index contributed by atoms with van der Waals surface area (Å²) in [6.45, 7) is 1.00. The molecule has 31 heavy (non-hydrogen) atoms. The van der Waals surface area contributed by atoms with Crippen molar-refractivity contribution >= 4 is 22.6 Å². The summed E-state index contributed by atoms with van der Waals surface area (Å²) in [4.78, 5) is 40.5. The van der Waals surface area contributed by atoms with E-state index in [2.05, 4.69) is 10.4 Å². The molecule has 1 saturated carbocycles. The molecule has 2 aliphatic rings. The van der Waals surface area contributed by atoms with E-state index in [1.54, 1.807) is 35.2 Å². The Morgan fingerprint density at radius 3 is 2.19 bits per heavy atom. The average Bonchev–Trinajstić information content (AvgIpc) is 3.64. The predicted octanol–water partition coefficient (Wildman–Crippen LogP) is 2.52. The highest BCUT2D eigenvalue weighted by Gasteiger charge is 2.32. The van der Waals surface area contributed by atoms with Gasteiger partial charge in [0.25, 0.3) is 11.5 Å². The van der Waals surface area contributed by atoms with Gasteiger partial charge < -0.3 is 10.2 Å². The van der Waals surface area contributed by atoms with Gasteiger partial charge >= 0.3 is 0 Å². The van der Waals surface area contributed by atoms with Crippen LogP contribution in [0.15, 0.2) is 59.4 Å². The van der Waals surface area contributed by atoms with E-state index < -0.39 is 0 Å². The SMILES string of the molecule is O=C(NC1CC1)C1CCN(C(=O)c2nn(-c3ccccc3)c(=O)c3ccccc23)CC1. The number of hydrogen-bond acceptors (Lipinski definition) is 4. The second-order valence-corrected chi connectivity index (χ2v) is 8.30. The van der Waals surface area contributed by atoms with Crippen LogP contribution in [0.4, 0.5) is 0 Å². The van der Waals surface area contributed by atoms with Crippen molar-refractivity contribution in [3.05, 3.63) is 70.6 Å². The summed E-state index contributed by atoms with van der Waals surface area (Å²) in [5.74, 6) is -0.148. The number of carbonyl (C=O) groups excluding carboxylic acids is 2. The fraction of sp³-hybridized carbons (Fsp3) is 0.333. The summed E-state index contributed by atoms with van der Waals surface area (Å²) in [5.41, 5.74) is 0.622. The smallest absolute Gasteiger partial charge is 0.279 e. The van der Waals surface area contributed by atoms with Crippen LogP contribution in [0.1, 0.15) is 36.2 Å². The van der Waals surface area contributed by atoms with Crippen molar-refractivity contribution in [3.8, 4) is 5.69 Å². The third kappa shape index (κ3) is 3.83. The van der Waals surface area contributed by atoms with Gasteiger partial charge in [0.15, 0.2) is 5.69 Å². The van der Waals surface area contributed by atoms with Gasteiger partial charge in [0.2, 0.25) is 5.91 Å². The first kappa shape index (κ1) is 19.5. The lowest BCUT2D eigenvalue weighted by Gasteiger charge is -2.31. The minimum atomic E-state index is -0.256. The number of piperidine rings is 1. The standard InChI is InChI=1S/C24H24N4O3/c29-22(25-17-10-11-17)16-12-14-27(15-13-16)24(31)21-19-8-4-5-9-20(19)23(30)28(26-21)18-6-2-1-3-7-18/h1-9,16-17H,10-15H2,(H,25,29). The van der Waals surface area contributed by atoms with E-state index >= 15 is 0 Å². The Hall–Kier alpha value is -3.48. The number of likely N-dealkylation sites (tertiary alicyclic amines) is 1. The molecular weight excluding hydrogens is 392 g/mol. The Bertz CT molecular complexity index is 1190. The largest absolute Gasteiger partial charge is 0.353 e. The summed E-state index contributed by atoms with van der Waals surface area (Å²) >= 11 is 0. The maximum atomic E-state index is 13.4. The fourth-order valence-corrected chi connectivity index (χ4v) is 4.13. The molecule has 0 radical (unpaired) electrons. The van der Waals surface area contributed by atoms with Crippen molar-refractivity contribution in [1.29, 1.82) is 0 Å². The summed E-state index contributed by atoms with van der Waals surface area (Å²) < 4.78 is 1.30. The van der Waals surface area contributed by atoms with E-state index in [9.17, 15) is 14.4 Å². The first-order valence-electron chi connectivity index (χ1n) is 10.8. The second kappa shape index (κ2) is 7.98. The highest BCUT2D eigenvalue weighted by atomic mass is 16.2. The van der Waals surface area contributed by atoms with Gasteiger partial charge in [-0.1, -0.05) is 36.4 Å². The number of rotatable bonds is 4. The van der Waals surface area contributed by atoms with Crippen molar-refractivity contribution in [2.75, 3.05) is 13.1 Å². The molecule has 0 spiro atoms. The van der Waals surface area contributed by atoms with Gasteiger partial charge in [0.1, 0.15) is 0 Å².